The van der Waals surface area contributed by atoms with Crippen LogP contribution in [0.4, 0.5) is 0 Å². The number of aromatic nitrogens is 2. The van der Waals surface area contributed by atoms with Crippen molar-refractivity contribution in [2.24, 2.45) is 0 Å². The van der Waals surface area contributed by atoms with Gasteiger partial charge in [-0.3, -0.25) is 14.2 Å². The van der Waals surface area contributed by atoms with Crippen LogP contribution in [0.1, 0.15) is 22.4 Å². The average Bonchev–Trinajstić information content (AvgIpc) is 2.93. The van der Waals surface area contributed by atoms with Crippen molar-refractivity contribution in [1.29, 1.82) is 0 Å². The van der Waals surface area contributed by atoms with Crippen molar-refractivity contribution in [3.8, 4) is 0 Å². The van der Waals surface area contributed by atoms with Crippen LogP contribution in [-0.2, 0) is 17.9 Å². The maximum atomic E-state index is 12.7. The maximum Gasteiger partial charge on any atom is 0.262 e. The lowest BCUT2D eigenvalue weighted by Gasteiger charge is -2.18. The molecule has 0 radical (unpaired) electrons. The Kier molecular flexibility index (Phi) is 5.89. The molecule has 0 saturated heterocycles. The Labute approximate surface area is 171 Å². The molecular weight excluding hydrogens is 405 g/mol. The molecule has 0 spiro atoms. The Bertz CT molecular complexity index is 1070. The molecule has 0 atom stereocenters. The molecule has 0 aliphatic carbocycles. The number of benzene rings is 1. The van der Waals surface area contributed by atoms with Crippen LogP contribution < -0.4 is 5.56 Å². The average molecular weight is 424 g/mol. The smallest absolute Gasteiger partial charge is 0.262 e. The highest BCUT2D eigenvalue weighted by molar-refractivity contribution is 7.18. The van der Waals surface area contributed by atoms with Gasteiger partial charge in [0.1, 0.15) is 4.83 Å². The molecule has 142 valence electrons. The fourth-order valence-electron chi connectivity index (χ4n) is 2.85. The van der Waals surface area contributed by atoms with Crippen LogP contribution in [0.5, 0.6) is 0 Å². The van der Waals surface area contributed by atoms with Gasteiger partial charge in [0.15, 0.2) is 0 Å². The topological polar surface area (TPSA) is 55.2 Å². The summed E-state index contributed by atoms with van der Waals surface area (Å²) >= 11 is 13.7. The quantitative estimate of drug-likeness (QED) is 0.609. The highest BCUT2D eigenvalue weighted by Crippen LogP contribution is 2.27. The monoisotopic (exact) mass is 423 g/mol. The van der Waals surface area contributed by atoms with Gasteiger partial charge in [0.05, 0.1) is 21.8 Å². The number of amides is 1. The van der Waals surface area contributed by atoms with Crippen molar-refractivity contribution >= 4 is 50.7 Å². The first kappa shape index (κ1) is 19.9. The van der Waals surface area contributed by atoms with E-state index in [0.29, 0.717) is 22.0 Å². The second-order valence-corrected chi connectivity index (χ2v) is 8.41. The second kappa shape index (κ2) is 8.00. The number of aryl methyl sites for hydroxylation is 3. The first-order valence-electron chi connectivity index (χ1n) is 8.41. The van der Waals surface area contributed by atoms with Crippen LogP contribution in [0.25, 0.3) is 10.2 Å². The third-order valence-corrected chi connectivity index (χ3v) is 6.56. The first-order chi connectivity index (χ1) is 12.8. The Morgan fingerprint density at radius 2 is 2.04 bits per heavy atom. The summed E-state index contributed by atoms with van der Waals surface area (Å²) in [5.74, 6) is -0.0868. The predicted molar refractivity (Wildman–Crippen MR) is 111 cm³/mol. The number of carbonyl (C=O) groups is 1. The summed E-state index contributed by atoms with van der Waals surface area (Å²) < 4.78 is 1.50. The maximum absolute atomic E-state index is 12.7. The summed E-state index contributed by atoms with van der Waals surface area (Å²) in [4.78, 5) is 32.9. The van der Waals surface area contributed by atoms with Gasteiger partial charge in [0.2, 0.25) is 5.91 Å². The molecule has 3 aromatic rings. The molecule has 1 amide bonds. The zero-order valence-electron chi connectivity index (χ0n) is 15.3. The molecule has 0 fully saturated rings. The van der Waals surface area contributed by atoms with Crippen molar-refractivity contribution in [1.82, 2.24) is 14.5 Å². The molecule has 0 saturated carbocycles. The van der Waals surface area contributed by atoms with E-state index >= 15 is 0 Å². The largest absolute Gasteiger partial charge is 0.341 e. The third-order valence-electron chi connectivity index (χ3n) is 4.59. The van der Waals surface area contributed by atoms with E-state index in [4.69, 9.17) is 23.2 Å². The minimum Gasteiger partial charge on any atom is -0.341 e. The highest BCUT2D eigenvalue weighted by atomic mass is 35.5. The van der Waals surface area contributed by atoms with E-state index in [1.54, 1.807) is 24.1 Å². The van der Waals surface area contributed by atoms with Crippen LogP contribution in [0.2, 0.25) is 10.0 Å². The van der Waals surface area contributed by atoms with E-state index < -0.39 is 0 Å². The van der Waals surface area contributed by atoms with E-state index in [-0.39, 0.29) is 24.4 Å². The molecule has 0 aliphatic rings. The van der Waals surface area contributed by atoms with Gasteiger partial charge in [-0.05, 0) is 31.0 Å². The number of rotatable bonds is 5. The van der Waals surface area contributed by atoms with E-state index in [0.717, 1.165) is 20.8 Å². The van der Waals surface area contributed by atoms with Crippen molar-refractivity contribution in [3.05, 3.63) is 60.9 Å². The molecule has 0 N–H and O–H groups in total. The SMILES string of the molecule is Cc1sc2ncn(CCC(=O)N(C)Cc3cccc(Cl)c3Cl)c(=O)c2c1C. The normalized spacial score (nSPS) is 11.1. The van der Waals surface area contributed by atoms with E-state index in [2.05, 4.69) is 4.98 Å². The Hall–Kier alpha value is -1.89. The van der Waals surface area contributed by atoms with E-state index in [1.165, 1.54) is 22.2 Å². The summed E-state index contributed by atoms with van der Waals surface area (Å²) in [6.45, 7) is 4.54. The molecule has 3 rings (SSSR count). The lowest BCUT2D eigenvalue weighted by atomic mass is 10.2. The second-order valence-electron chi connectivity index (χ2n) is 6.42. The molecule has 0 unspecified atom stereocenters. The molecule has 1 aromatic carbocycles. The number of thiophene rings is 1. The summed E-state index contributed by atoms with van der Waals surface area (Å²) in [5.41, 5.74) is 1.64. The molecule has 0 aliphatic heterocycles. The predicted octanol–water partition coefficient (Wildman–Crippen LogP) is 4.43. The van der Waals surface area contributed by atoms with Crippen molar-refractivity contribution < 1.29 is 4.79 Å². The van der Waals surface area contributed by atoms with Crippen LogP contribution in [-0.4, -0.2) is 27.4 Å². The minimum absolute atomic E-state index is 0.0868. The lowest BCUT2D eigenvalue weighted by Crippen LogP contribution is -2.29. The third kappa shape index (κ3) is 4.03. The van der Waals surface area contributed by atoms with Gasteiger partial charge in [0.25, 0.3) is 5.56 Å². The Morgan fingerprint density at radius 1 is 1.30 bits per heavy atom. The number of carbonyl (C=O) groups excluding carboxylic acids is 1. The van der Waals surface area contributed by atoms with E-state index in [9.17, 15) is 9.59 Å². The molecule has 8 heteroatoms. The number of hydrogen-bond acceptors (Lipinski definition) is 4. The molecule has 27 heavy (non-hydrogen) atoms. The summed E-state index contributed by atoms with van der Waals surface area (Å²) in [6.07, 6.45) is 1.71. The van der Waals surface area contributed by atoms with Gasteiger partial charge in [-0.1, -0.05) is 35.3 Å². The minimum atomic E-state index is -0.102. The molecule has 5 nitrogen and oxygen atoms in total. The molecule has 2 heterocycles. The molecule has 0 bridgehead atoms. The van der Waals surface area contributed by atoms with Gasteiger partial charge in [-0.25, -0.2) is 4.98 Å². The summed E-state index contributed by atoms with van der Waals surface area (Å²) in [6, 6.07) is 5.34. The van der Waals surface area contributed by atoms with Gasteiger partial charge in [0, 0.05) is 31.4 Å². The summed E-state index contributed by atoms with van der Waals surface area (Å²) in [7, 11) is 1.70. The van der Waals surface area contributed by atoms with Crippen molar-refractivity contribution in [2.75, 3.05) is 7.05 Å². The number of halogens is 2. The van der Waals surface area contributed by atoms with E-state index in [1.807, 2.05) is 19.9 Å². The zero-order chi connectivity index (χ0) is 19.7. The Morgan fingerprint density at radius 3 is 2.78 bits per heavy atom. The van der Waals surface area contributed by atoms with Gasteiger partial charge in [-0.15, -0.1) is 11.3 Å². The first-order valence-corrected chi connectivity index (χ1v) is 9.98. The number of fused-ring (bicyclic) bond motifs is 1. The van der Waals surface area contributed by atoms with Crippen LogP contribution in [0, 0.1) is 13.8 Å². The van der Waals surface area contributed by atoms with Crippen LogP contribution >= 0.6 is 34.5 Å². The number of hydrogen-bond donors (Lipinski definition) is 0. The zero-order valence-corrected chi connectivity index (χ0v) is 17.6. The van der Waals surface area contributed by atoms with Gasteiger partial charge >= 0.3 is 0 Å². The fraction of sp³-hybridized carbons (Fsp3) is 0.316. The molecular formula is C19H19Cl2N3O2S. The van der Waals surface area contributed by atoms with Crippen LogP contribution in [0.3, 0.4) is 0 Å². The lowest BCUT2D eigenvalue weighted by molar-refractivity contribution is -0.130. The van der Waals surface area contributed by atoms with Gasteiger partial charge in [-0.2, -0.15) is 0 Å². The van der Waals surface area contributed by atoms with Crippen LogP contribution in [0.15, 0.2) is 29.3 Å². The molecule has 2 aromatic heterocycles. The van der Waals surface area contributed by atoms with Crippen molar-refractivity contribution in [2.45, 2.75) is 33.4 Å². The standard InChI is InChI=1S/C19H19Cl2N3O2S/c1-11-12(2)27-18-16(11)19(26)24(10-22-18)8-7-15(25)23(3)9-13-5-4-6-14(20)17(13)21/h4-6,10H,7-9H2,1-3H3. The Balaban J connectivity index is 1.71. The summed E-state index contributed by atoms with van der Waals surface area (Å²) in [5, 5.41) is 1.56. The highest BCUT2D eigenvalue weighted by Gasteiger charge is 2.15. The number of nitrogens with zero attached hydrogens (tertiary/aromatic N) is 3. The van der Waals surface area contributed by atoms with Crippen molar-refractivity contribution in [3.63, 3.8) is 0 Å². The fourth-order valence-corrected chi connectivity index (χ4v) is 4.22. The van der Waals surface area contributed by atoms with Gasteiger partial charge < -0.3 is 4.90 Å².